The number of hydrogen-bond acceptors (Lipinski definition) is 5. The zero-order chi connectivity index (χ0) is 28.3. The van der Waals surface area contributed by atoms with E-state index in [1.54, 1.807) is 11.0 Å². The molecule has 0 unspecified atom stereocenters. The second-order valence-electron chi connectivity index (χ2n) is 11.6. The van der Waals surface area contributed by atoms with Gasteiger partial charge in [-0.2, -0.15) is 0 Å². The van der Waals surface area contributed by atoms with E-state index in [4.69, 9.17) is 13.9 Å². The van der Waals surface area contributed by atoms with Crippen LogP contribution in [0.3, 0.4) is 0 Å². The minimum absolute atomic E-state index is 0.0559. The van der Waals surface area contributed by atoms with Crippen molar-refractivity contribution in [2.75, 3.05) is 10.2 Å². The minimum Gasteiger partial charge on any atom is -0.444 e. The van der Waals surface area contributed by atoms with Gasteiger partial charge in [0.15, 0.2) is 8.32 Å². The van der Waals surface area contributed by atoms with Crippen molar-refractivity contribution in [1.82, 2.24) is 0 Å². The van der Waals surface area contributed by atoms with Crippen molar-refractivity contribution in [1.29, 1.82) is 0 Å². The Kier molecular flexibility index (Phi) is 8.18. The first-order valence-corrected chi connectivity index (χ1v) is 16.1. The molecule has 1 atom stereocenters. The molecule has 206 valence electrons. The summed E-state index contributed by atoms with van der Waals surface area (Å²) in [5.41, 5.74) is 3.05. The van der Waals surface area contributed by atoms with Crippen LogP contribution >= 0.6 is 0 Å². The van der Waals surface area contributed by atoms with Crippen LogP contribution in [0.2, 0.25) is 18.1 Å². The van der Waals surface area contributed by atoms with E-state index in [0.717, 1.165) is 16.7 Å². The maximum atomic E-state index is 13.6. The number of anilines is 2. The van der Waals surface area contributed by atoms with Gasteiger partial charge in [-0.1, -0.05) is 81.4 Å². The maximum absolute atomic E-state index is 13.6. The van der Waals surface area contributed by atoms with Crippen molar-refractivity contribution in [2.45, 2.75) is 71.2 Å². The molecular weight excluding hydrogens is 508 g/mol. The largest absolute Gasteiger partial charge is 0.444 e. The molecule has 0 aliphatic carbocycles. The zero-order valence-corrected chi connectivity index (χ0v) is 24.6. The van der Waals surface area contributed by atoms with Crippen molar-refractivity contribution < 1.29 is 23.5 Å². The van der Waals surface area contributed by atoms with E-state index in [1.807, 2.05) is 79.7 Å². The average molecular weight is 547 g/mol. The summed E-state index contributed by atoms with van der Waals surface area (Å²) < 4.78 is 18.0. The molecule has 0 aromatic heterocycles. The van der Waals surface area contributed by atoms with Crippen LogP contribution in [0, 0.1) is 0 Å². The third-order valence-electron chi connectivity index (χ3n) is 7.44. The predicted molar refractivity (Wildman–Crippen MR) is 156 cm³/mol. The smallest absolute Gasteiger partial charge is 0.416 e. The number of rotatable bonds is 7. The van der Waals surface area contributed by atoms with Gasteiger partial charge in [-0.05, 0) is 59.9 Å². The molecule has 0 bridgehead atoms. The number of ether oxygens (including phenoxy) is 2. The van der Waals surface area contributed by atoms with E-state index in [2.05, 4.69) is 39.2 Å². The number of carbonyl (C=O) groups excluding carboxylic acids is 2. The second kappa shape index (κ2) is 11.2. The number of nitrogens with one attached hydrogen (secondary N) is 1. The van der Waals surface area contributed by atoms with Crippen LogP contribution in [0.1, 0.15) is 44.4 Å². The van der Waals surface area contributed by atoms with Gasteiger partial charge in [-0.25, -0.2) is 14.5 Å². The number of benzene rings is 3. The van der Waals surface area contributed by atoms with Crippen molar-refractivity contribution >= 4 is 31.9 Å². The summed E-state index contributed by atoms with van der Waals surface area (Å²) in [6.07, 6.45) is -0.554. The molecule has 3 aromatic carbocycles. The molecule has 1 aliphatic rings. The molecule has 7 nitrogen and oxygen atoms in total. The Hall–Kier alpha value is -3.62. The average Bonchev–Trinajstić information content (AvgIpc) is 3.16. The van der Waals surface area contributed by atoms with Crippen LogP contribution in [0.5, 0.6) is 0 Å². The molecule has 4 rings (SSSR count). The van der Waals surface area contributed by atoms with Crippen LogP contribution < -0.4 is 10.2 Å². The Morgan fingerprint density at radius 2 is 1.46 bits per heavy atom. The number of nitrogens with zero attached hydrogens (tertiary/aromatic N) is 1. The zero-order valence-electron chi connectivity index (χ0n) is 23.6. The standard InChI is InChI=1S/C31H38N2O5Si/c1-30(2,3)39(5,6)38-31(4)20-25-19-26(32-28(34)36-21-23-13-9-7-10-14-23)17-18-27(25)33(31)29(35)37-22-24-15-11-8-12-16-24/h7-19H,20-22H2,1-6H3,(H,32,34)/t31-/m1/s1. The highest BCUT2D eigenvalue weighted by atomic mass is 28.4. The number of fused-ring (bicyclic) bond motifs is 1. The fourth-order valence-corrected chi connectivity index (χ4v) is 6.02. The summed E-state index contributed by atoms with van der Waals surface area (Å²) in [4.78, 5) is 27.7. The molecule has 8 heteroatoms. The summed E-state index contributed by atoms with van der Waals surface area (Å²) in [6, 6.07) is 24.6. The first-order valence-electron chi connectivity index (χ1n) is 13.2. The van der Waals surface area contributed by atoms with Crippen molar-refractivity contribution in [3.63, 3.8) is 0 Å². The molecule has 0 spiro atoms. The molecule has 0 fully saturated rings. The highest BCUT2D eigenvalue weighted by Gasteiger charge is 2.51. The number of carbonyl (C=O) groups is 2. The van der Waals surface area contributed by atoms with Gasteiger partial charge in [-0.3, -0.25) is 5.32 Å². The van der Waals surface area contributed by atoms with E-state index in [1.165, 1.54) is 0 Å². The highest BCUT2D eigenvalue weighted by molar-refractivity contribution is 6.74. The van der Waals surface area contributed by atoms with Crippen LogP contribution in [0.4, 0.5) is 21.0 Å². The van der Waals surface area contributed by atoms with E-state index in [-0.39, 0.29) is 18.3 Å². The SMILES string of the molecule is CC(C)(C)[Si](C)(C)O[C@]1(C)Cc2cc(NC(=O)OCc3ccccc3)ccc2N1C(=O)OCc1ccccc1. The van der Waals surface area contributed by atoms with Crippen LogP contribution in [0.25, 0.3) is 0 Å². The Labute approximate surface area is 232 Å². The third-order valence-corrected chi connectivity index (χ3v) is 12.0. The second-order valence-corrected chi connectivity index (χ2v) is 16.3. The van der Waals surface area contributed by atoms with Gasteiger partial charge in [0, 0.05) is 12.1 Å². The van der Waals surface area contributed by atoms with Gasteiger partial charge < -0.3 is 13.9 Å². The van der Waals surface area contributed by atoms with Gasteiger partial charge >= 0.3 is 12.2 Å². The molecule has 1 aliphatic heterocycles. The summed E-state index contributed by atoms with van der Waals surface area (Å²) in [5, 5.41) is 2.75. The Morgan fingerprint density at radius 3 is 2.03 bits per heavy atom. The molecule has 2 amide bonds. The first-order chi connectivity index (χ1) is 18.4. The van der Waals surface area contributed by atoms with E-state index in [9.17, 15) is 9.59 Å². The van der Waals surface area contributed by atoms with E-state index in [0.29, 0.717) is 17.8 Å². The predicted octanol–water partition coefficient (Wildman–Crippen LogP) is 7.87. The lowest BCUT2D eigenvalue weighted by molar-refractivity contribution is 0.0647. The van der Waals surface area contributed by atoms with Crippen molar-refractivity contribution in [3.8, 4) is 0 Å². The monoisotopic (exact) mass is 546 g/mol. The van der Waals surface area contributed by atoms with Gasteiger partial charge in [0.2, 0.25) is 0 Å². The minimum atomic E-state index is -2.28. The normalized spacial score (nSPS) is 16.9. The Balaban J connectivity index is 1.55. The number of amides is 2. The highest BCUT2D eigenvalue weighted by Crippen LogP contribution is 2.46. The molecule has 0 saturated carbocycles. The quantitative estimate of drug-likeness (QED) is 0.305. The molecule has 0 radical (unpaired) electrons. The van der Waals surface area contributed by atoms with Crippen molar-refractivity contribution in [2.24, 2.45) is 0 Å². The van der Waals surface area contributed by atoms with Crippen LogP contribution in [-0.2, 0) is 33.5 Å². The molecule has 1 N–H and O–H groups in total. The lowest BCUT2D eigenvalue weighted by atomic mass is 10.1. The lowest BCUT2D eigenvalue weighted by Gasteiger charge is -2.45. The fourth-order valence-electron chi connectivity index (χ4n) is 4.45. The van der Waals surface area contributed by atoms with Crippen molar-refractivity contribution in [3.05, 3.63) is 95.6 Å². The third kappa shape index (κ3) is 6.69. The van der Waals surface area contributed by atoms with Gasteiger partial charge in [0.1, 0.15) is 18.9 Å². The molecule has 1 heterocycles. The number of hydrogen-bond donors (Lipinski definition) is 1. The summed E-state index contributed by atoms with van der Waals surface area (Å²) in [7, 11) is -2.28. The van der Waals surface area contributed by atoms with Crippen LogP contribution in [-0.4, -0.2) is 26.2 Å². The van der Waals surface area contributed by atoms with Gasteiger partial charge in [-0.15, -0.1) is 0 Å². The Morgan fingerprint density at radius 1 is 0.897 bits per heavy atom. The van der Waals surface area contributed by atoms with Crippen LogP contribution in [0.15, 0.2) is 78.9 Å². The summed E-state index contributed by atoms with van der Waals surface area (Å²) in [5.74, 6) is 0. The maximum Gasteiger partial charge on any atom is 0.416 e. The molecular formula is C31H38N2O5Si. The molecule has 3 aromatic rings. The fraction of sp³-hybridized carbons (Fsp3) is 0.355. The van der Waals surface area contributed by atoms with E-state index >= 15 is 0 Å². The summed E-state index contributed by atoms with van der Waals surface area (Å²) in [6.45, 7) is 13.1. The molecule has 39 heavy (non-hydrogen) atoms. The van der Waals surface area contributed by atoms with Gasteiger partial charge in [0.25, 0.3) is 0 Å². The van der Waals surface area contributed by atoms with E-state index < -0.39 is 26.2 Å². The lowest BCUT2D eigenvalue weighted by Crippen LogP contribution is -2.57. The summed E-state index contributed by atoms with van der Waals surface area (Å²) >= 11 is 0. The first kappa shape index (κ1) is 28.4. The molecule has 0 saturated heterocycles. The Bertz CT molecular complexity index is 1310. The van der Waals surface area contributed by atoms with Gasteiger partial charge in [0.05, 0.1) is 5.69 Å². The topological polar surface area (TPSA) is 77.1 Å².